The van der Waals surface area contributed by atoms with Crippen LogP contribution in [0.4, 0.5) is 10.1 Å². The zero-order valence-electron chi connectivity index (χ0n) is 13.7. The minimum absolute atomic E-state index is 0.0806. The Hall–Kier alpha value is -2.83. The molecule has 2 aromatic carbocycles. The van der Waals surface area contributed by atoms with E-state index in [1.807, 2.05) is 0 Å². The minimum atomic E-state index is -0.810. The number of nitrogens with one attached hydrogen (secondary N) is 1. The Morgan fingerprint density at radius 3 is 2.52 bits per heavy atom. The lowest BCUT2D eigenvalue weighted by atomic mass is 10.2. The van der Waals surface area contributed by atoms with Crippen molar-refractivity contribution in [1.82, 2.24) is 0 Å². The highest BCUT2D eigenvalue weighted by Gasteiger charge is 2.16. The Morgan fingerprint density at radius 1 is 1.04 bits per heavy atom. The number of rotatable bonds is 5. The van der Waals surface area contributed by atoms with E-state index in [2.05, 4.69) is 5.32 Å². The smallest absolute Gasteiger partial charge is 0.374 e. The SMILES string of the molecule is O=C(COC(=O)c1ccc(-c2ccc(F)cc2)o1)Nc1cccc(Cl)c1Cl. The number of hydrogen-bond acceptors (Lipinski definition) is 4. The highest BCUT2D eigenvalue weighted by Crippen LogP contribution is 2.29. The molecule has 27 heavy (non-hydrogen) atoms. The second-order valence-electron chi connectivity index (χ2n) is 5.40. The van der Waals surface area contributed by atoms with Crippen LogP contribution in [0.15, 0.2) is 59.0 Å². The number of benzene rings is 2. The van der Waals surface area contributed by atoms with Gasteiger partial charge in [-0.15, -0.1) is 0 Å². The molecular weight excluding hydrogens is 396 g/mol. The summed E-state index contributed by atoms with van der Waals surface area (Å²) in [4.78, 5) is 23.9. The van der Waals surface area contributed by atoms with Crippen LogP contribution in [0.5, 0.6) is 0 Å². The first-order valence-corrected chi connectivity index (χ1v) is 8.46. The molecule has 0 atom stereocenters. The molecule has 3 aromatic rings. The lowest BCUT2D eigenvalue weighted by molar-refractivity contribution is -0.119. The van der Waals surface area contributed by atoms with E-state index in [0.717, 1.165) is 0 Å². The van der Waals surface area contributed by atoms with Crippen molar-refractivity contribution in [2.75, 3.05) is 11.9 Å². The molecule has 3 rings (SSSR count). The number of hydrogen-bond donors (Lipinski definition) is 1. The first-order chi connectivity index (χ1) is 12.9. The molecule has 0 fully saturated rings. The van der Waals surface area contributed by atoms with Crippen molar-refractivity contribution in [3.8, 4) is 11.3 Å². The summed E-state index contributed by atoms with van der Waals surface area (Å²) in [6.45, 7) is -0.533. The van der Waals surface area contributed by atoms with Gasteiger partial charge in [0.2, 0.25) is 5.76 Å². The standard InChI is InChI=1S/C19H12Cl2FNO4/c20-13-2-1-3-14(18(13)21)23-17(24)10-26-19(25)16-9-8-15(27-16)11-4-6-12(22)7-5-11/h1-9H,10H2,(H,23,24). The van der Waals surface area contributed by atoms with Gasteiger partial charge >= 0.3 is 5.97 Å². The number of carbonyl (C=O) groups excluding carboxylic acids is 2. The van der Waals surface area contributed by atoms with Gasteiger partial charge in [-0.3, -0.25) is 4.79 Å². The second kappa shape index (κ2) is 8.24. The maximum atomic E-state index is 13.0. The van der Waals surface area contributed by atoms with E-state index in [9.17, 15) is 14.0 Å². The molecule has 1 amide bonds. The second-order valence-corrected chi connectivity index (χ2v) is 6.18. The fraction of sp³-hybridized carbons (Fsp3) is 0.0526. The summed E-state index contributed by atoms with van der Waals surface area (Å²) in [5.41, 5.74) is 0.908. The predicted molar refractivity (Wildman–Crippen MR) is 99.5 cm³/mol. The number of ether oxygens (including phenoxy) is 1. The van der Waals surface area contributed by atoms with Gasteiger partial charge in [-0.25, -0.2) is 9.18 Å². The molecule has 0 unspecified atom stereocenters. The van der Waals surface area contributed by atoms with Crippen LogP contribution in [-0.2, 0) is 9.53 Å². The number of anilines is 1. The summed E-state index contributed by atoms with van der Waals surface area (Å²) in [5.74, 6) is -1.48. The van der Waals surface area contributed by atoms with Crippen molar-refractivity contribution in [3.63, 3.8) is 0 Å². The molecule has 0 saturated heterocycles. The van der Waals surface area contributed by atoms with Crippen molar-refractivity contribution < 1.29 is 23.1 Å². The van der Waals surface area contributed by atoms with Gasteiger partial charge < -0.3 is 14.5 Å². The van der Waals surface area contributed by atoms with Gasteiger partial charge in [-0.2, -0.15) is 0 Å². The van der Waals surface area contributed by atoms with E-state index in [4.69, 9.17) is 32.4 Å². The van der Waals surface area contributed by atoms with Gasteiger partial charge in [0.1, 0.15) is 11.6 Å². The highest BCUT2D eigenvalue weighted by molar-refractivity contribution is 6.44. The highest BCUT2D eigenvalue weighted by atomic mass is 35.5. The Balaban J connectivity index is 1.58. The van der Waals surface area contributed by atoms with E-state index in [1.54, 1.807) is 24.3 Å². The number of furan rings is 1. The van der Waals surface area contributed by atoms with Crippen molar-refractivity contribution in [2.45, 2.75) is 0 Å². The normalized spacial score (nSPS) is 10.5. The summed E-state index contributed by atoms with van der Waals surface area (Å²) >= 11 is 11.8. The van der Waals surface area contributed by atoms with Crippen LogP contribution < -0.4 is 5.32 Å². The van der Waals surface area contributed by atoms with Gasteiger partial charge in [0.05, 0.1) is 15.7 Å². The number of esters is 1. The number of halogens is 3. The Morgan fingerprint density at radius 2 is 1.78 bits per heavy atom. The summed E-state index contributed by atoms with van der Waals surface area (Å²) < 4.78 is 23.3. The molecule has 0 aliphatic heterocycles. The Bertz CT molecular complexity index is 986. The van der Waals surface area contributed by atoms with E-state index in [0.29, 0.717) is 17.0 Å². The topological polar surface area (TPSA) is 68.5 Å². The molecule has 5 nitrogen and oxygen atoms in total. The van der Waals surface area contributed by atoms with Crippen LogP contribution in [0.2, 0.25) is 10.0 Å². The predicted octanol–water partition coefficient (Wildman–Crippen LogP) is 5.19. The van der Waals surface area contributed by atoms with Crippen LogP contribution in [0.3, 0.4) is 0 Å². The largest absolute Gasteiger partial charge is 0.450 e. The van der Waals surface area contributed by atoms with Gasteiger partial charge in [-0.1, -0.05) is 29.3 Å². The van der Waals surface area contributed by atoms with Crippen LogP contribution >= 0.6 is 23.2 Å². The van der Waals surface area contributed by atoms with E-state index in [-0.39, 0.29) is 21.6 Å². The van der Waals surface area contributed by atoms with Crippen LogP contribution in [-0.4, -0.2) is 18.5 Å². The van der Waals surface area contributed by atoms with Crippen molar-refractivity contribution in [1.29, 1.82) is 0 Å². The molecule has 0 bridgehead atoms. The van der Waals surface area contributed by atoms with Gasteiger partial charge in [-0.05, 0) is 48.5 Å². The summed E-state index contributed by atoms with van der Waals surface area (Å²) in [6.07, 6.45) is 0. The fourth-order valence-corrected chi connectivity index (χ4v) is 2.55. The van der Waals surface area contributed by atoms with Gasteiger partial charge in [0.15, 0.2) is 6.61 Å². The molecule has 0 aliphatic rings. The minimum Gasteiger partial charge on any atom is -0.450 e. The Labute approximate surface area is 163 Å². The summed E-state index contributed by atoms with van der Waals surface area (Å²) in [6, 6.07) is 13.3. The molecule has 0 aliphatic carbocycles. The van der Waals surface area contributed by atoms with Crippen molar-refractivity contribution in [3.05, 3.63) is 76.2 Å². The molecule has 138 valence electrons. The molecule has 0 saturated carbocycles. The maximum absolute atomic E-state index is 13.0. The lowest BCUT2D eigenvalue weighted by Crippen LogP contribution is -2.20. The summed E-state index contributed by atoms with van der Waals surface area (Å²) in [7, 11) is 0. The molecule has 1 heterocycles. The van der Waals surface area contributed by atoms with Crippen LogP contribution in [0.25, 0.3) is 11.3 Å². The maximum Gasteiger partial charge on any atom is 0.374 e. The third-order valence-electron chi connectivity index (χ3n) is 3.50. The third-order valence-corrected chi connectivity index (χ3v) is 4.31. The number of carbonyl (C=O) groups is 2. The van der Waals surface area contributed by atoms with Gasteiger partial charge in [0, 0.05) is 5.56 Å². The Kier molecular flexibility index (Phi) is 5.78. The average molecular weight is 408 g/mol. The fourth-order valence-electron chi connectivity index (χ4n) is 2.21. The molecule has 8 heteroatoms. The first kappa shape index (κ1) is 18.9. The summed E-state index contributed by atoms with van der Waals surface area (Å²) in [5, 5.41) is 2.97. The van der Waals surface area contributed by atoms with E-state index >= 15 is 0 Å². The lowest BCUT2D eigenvalue weighted by Gasteiger charge is -2.08. The van der Waals surface area contributed by atoms with Crippen LogP contribution in [0, 0.1) is 5.82 Å². The molecule has 0 radical (unpaired) electrons. The van der Waals surface area contributed by atoms with Crippen LogP contribution in [0.1, 0.15) is 10.6 Å². The zero-order chi connectivity index (χ0) is 19.4. The van der Waals surface area contributed by atoms with Crippen molar-refractivity contribution >= 4 is 40.8 Å². The molecular formula is C19H12Cl2FNO4. The average Bonchev–Trinajstić information content (AvgIpc) is 3.14. The van der Waals surface area contributed by atoms with Crippen molar-refractivity contribution in [2.24, 2.45) is 0 Å². The molecule has 0 spiro atoms. The third kappa shape index (κ3) is 4.67. The first-order valence-electron chi connectivity index (χ1n) is 7.71. The zero-order valence-corrected chi connectivity index (χ0v) is 15.2. The monoisotopic (exact) mass is 407 g/mol. The van der Waals surface area contributed by atoms with Gasteiger partial charge in [0.25, 0.3) is 5.91 Å². The quantitative estimate of drug-likeness (QED) is 0.591. The van der Waals surface area contributed by atoms with E-state index in [1.165, 1.54) is 30.3 Å². The van der Waals surface area contributed by atoms with E-state index < -0.39 is 18.5 Å². The molecule has 1 N–H and O–H groups in total. The number of amides is 1. The molecule has 1 aromatic heterocycles.